The molecule has 0 fully saturated rings. The van der Waals surface area contributed by atoms with Gasteiger partial charge < -0.3 is 16.4 Å². The maximum Gasteiger partial charge on any atom is 0.315 e. The molecule has 0 saturated heterocycles. The van der Waals surface area contributed by atoms with Crippen molar-refractivity contribution in [3.05, 3.63) is 18.1 Å². The lowest BCUT2D eigenvalue weighted by Gasteiger charge is -2.20. The summed E-state index contributed by atoms with van der Waals surface area (Å²) in [4.78, 5) is 19.1. The first-order chi connectivity index (χ1) is 7.38. The smallest absolute Gasteiger partial charge is 0.315 e. The predicted molar refractivity (Wildman–Crippen MR) is 61.6 cm³/mol. The van der Waals surface area contributed by atoms with E-state index >= 15 is 0 Å². The van der Waals surface area contributed by atoms with Crippen LogP contribution in [0.25, 0.3) is 0 Å². The molecule has 6 nitrogen and oxygen atoms in total. The maximum absolute atomic E-state index is 11.4. The minimum Gasteiger partial charge on any atom is -0.383 e. The third-order valence-corrected chi connectivity index (χ3v) is 1.75. The first-order valence-electron chi connectivity index (χ1n) is 4.99. The van der Waals surface area contributed by atoms with Gasteiger partial charge in [0.2, 0.25) is 0 Å². The summed E-state index contributed by atoms with van der Waals surface area (Å²) >= 11 is 0. The fourth-order valence-corrected chi connectivity index (χ4v) is 1.06. The lowest BCUT2D eigenvalue weighted by molar-refractivity contribution is 0.231. The molecule has 16 heavy (non-hydrogen) atoms. The molecule has 1 rings (SSSR count). The highest BCUT2D eigenvalue weighted by molar-refractivity contribution is 5.74. The summed E-state index contributed by atoms with van der Waals surface area (Å²) in [7, 11) is 0. The average molecular weight is 223 g/mol. The van der Waals surface area contributed by atoms with E-state index in [0.29, 0.717) is 17.9 Å². The van der Waals surface area contributed by atoms with Gasteiger partial charge in [-0.15, -0.1) is 0 Å². The van der Waals surface area contributed by atoms with E-state index in [1.54, 1.807) is 6.20 Å². The number of aromatic nitrogens is 2. The van der Waals surface area contributed by atoms with E-state index in [-0.39, 0.29) is 11.6 Å². The van der Waals surface area contributed by atoms with E-state index in [1.807, 2.05) is 20.8 Å². The Bertz CT molecular complexity index is 372. The van der Waals surface area contributed by atoms with Gasteiger partial charge in [-0.1, -0.05) is 0 Å². The van der Waals surface area contributed by atoms with Crippen molar-refractivity contribution in [3.63, 3.8) is 0 Å². The number of rotatable bonds is 2. The molecule has 0 bridgehead atoms. The fourth-order valence-electron chi connectivity index (χ4n) is 1.06. The third kappa shape index (κ3) is 4.12. The molecule has 0 aliphatic heterocycles. The van der Waals surface area contributed by atoms with Gasteiger partial charge in [-0.25, -0.2) is 14.8 Å². The van der Waals surface area contributed by atoms with E-state index in [9.17, 15) is 4.79 Å². The van der Waals surface area contributed by atoms with Crippen LogP contribution < -0.4 is 16.4 Å². The van der Waals surface area contributed by atoms with Gasteiger partial charge in [0.25, 0.3) is 0 Å². The highest BCUT2D eigenvalue weighted by Crippen LogP contribution is 2.04. The van der Waals surface area contributed by atoms with Gasteiger partial charge in [0.05, 0.1) is 0 Å². The molecule has 0 unspecified atom stereocenters. The SMILES string of the molecule is CC(C)(C)NC(=O)NCc1cncnc1N. The number of nitrogens with two attached hydrogens (primary N) is 1. The predicted octanol–water partition coefficient (Wildman–Crippen LogP) is 0.657. The van der Waals surface area contributed by atoms with Crippen LogP contribution in [0.2, 0.25) is 0 Å². The Labute approximate surface area is 94.7 Å². The Balaban J connectivity index is 2.47. The minimum absolute atomic E-state index is 0.240. The van der Waals surface area contributed by atoms with Gasteiger partial charge in [0.15, 0.2) is 0 Å². The Morgan fingerprint density at radius 2 is 2.19 bits per heavy atom. The number of hydrogen-bond acceptors (Lipinski definition) is 4. The van der Waals surface area contributed by atoms with Crippen LogP contribution in [0.4, 0.5) is 10.6 Å². The van der Waals surface area contributed by atoms with Crippen molar-refractivity contribution in [2.75, 3.05) is 5.73 Å². The first kappa shape index (κ1) is 12.2. The van der Waals surface area contributed by atoms with E-state index < -0.39 is 0 Å². The highest BCUT2D eigenvalue weighted by Gasteiger charge is 2.13. The van der Waals surface area contributed by atoms with Crippen molar-refractivity contribution in [2.24, 2.45) is 0 Å². The minimum atomic E-state index is -0.261. The third-order valence-electron chi connectivity index (χ3n) is 1.75. The second-order valence-corrected chi connectivity index (χ2v) is 4.49. The normalized spacial score (nSPS) is 10.9. The van der Waals surface area contributed by atoms with Crippen molar-refractivity contribution in [3.8, 4) is 0 Å². The van der Waals surface area contributed by atoms with Crippen LogP contribution in [-0.2, 0) is 6.54 Å². The second kappa shape index (κ2) is 4.78. The van der Waals surface area contributed by atoms with Gasteiger partial charge in [0.1, 0.15) is 12.1 Å². The van der Waals surface area contributed by atoms with Crippen LogP contribution in [-0.4, -0.2) is 21.5 Å². The van der Waals surface area contributed by atoms with Crippen LogP contribution in [0.3, 0.4) is 0 Å². The Hall–Kier alpha value is -1.85. The lowest BCUT2D eigenvalue weighted by atomic mass is 10.1. The van der Waals surface area contributed by atoms with Crippen molar-refractivity contribution in [1.82, 2.24) is 20.6 Å². The summed E-state index contributed by atoms with van der Waals surface area (Å²) in [6, 6.07) is -0.240. The van der Waals surface area contributed by atoms with E-state index in [1.165, 1.54) is 6.33 Å². The summed E-state index contributed by atoms with van der Waals surface area (Å²) in [5, 5.41) is 5.46. The molecule has 0 aliphatic carbocycles. The molecule has 4 N–H and O–H groups in total. The van der Waals surface area contributed by atoms with E-state index in [4.69, 9.17) is 5.73 Å². The quantitative estimate of drug-likeness (QED) is 0.686. The molecule has 1 aromatic rings. The molecular formula is C10H17N5O. The topological polar surface area (TPSA) is 92.9 Å². The molecule has 1 aromatic heterocycles. The molecule has 1 heterocycles. The number of nitrogens with zero attached hydrogens (tertiary/aromatic N) is 2. The summed E-state index contributed by atoms with van der Waals surface area (Å²) in [6.45, 7) is 6.04. The summed E-state index contributed by atoms with van der Waals surface area (Å²) in [5.41, 5.74) is 6.05. The molecule has 0 atom stereocenters. The van der Waals surface area contributed by atoms with Crippen molar-refractivity contribution in [2.45, 2.75) is 32.9 Å². The largest absolute Gasteiger partial charge is 0.383 e. The Morgan fingerprint density at radius 3 is 2.75 bits per heavy atom. The molecule has 0 saturated carbocycles. The number of anilines is 1. The number of carbonyl (C=O) groups excluding carboxylic acids is 1. The molecule has 0 spiro atoms. The molecule has 2 amide bonds. The zero-order valence-corrected chi connectivity index (χ0v) is 9.74. The van der Waals surface area contributed by atoms with E-state index in [2.05, 4.69) is 20.6 Å². The zero-order chi connectivity index (χ0) is 12.2. The number of urea groups is 1. The van der Waals surface area contributed by atoms with Crippen LogP contribution in [0, 0.1) is 0 Å². The Kier molecular flexibility index (Phi) is 3.65. The van der Waals surface area contributed by atoms with Crippen LogP contribution in [0.1, 0.15) is 26.3 Å². The summed E-state index contributed by atoms with van der Waals surface area (Å²) < 4.78 is 0. The summed E-state index contributed by atoms with van der Waals surface area (Å²) in [6.07, 6.45) is 2.95. The Morgan fingerprint density at radius 1 is 1.50 bits per heavy atom. The van der Waals surface area contributed by atoms with Gasteiger partial charge in [-0.05, 0) is 20.8 Å². The van der Waals surface area contributed by atoms with Gasteiger partial charge in [-0.2, -0.15) is 0 Å². The maximum atomic E-state index is 11.4. The zero-order valence-electron chi connectivity index (χ0n) is 9.74. The molecule has 0 radical (unpaired) electrons. The number of amides is 2. The molecular weight excluding hydrogens is 206 g/mol. The lowest BCUT2D eigenvalue weighted by Crippen LogP contribution is -2.46. The number of nitrogens with one attached hydrogen (secondary N) is 2. The molecule has 0 aromatic carbocycles. The van der Waals surface area contributed by atoms with Crippen LogP contribution in [0.15, 0.2) is 12.5 Å². The van der Waals surface area contributed by atoms with Gasteiger partial charge in [0, 0.05) is 23.8 Å². The number of carbonyl (C=O) groups is 1. The molecule has 6 heteroatoms. The average Bonchev–Trinajstić information content (AvgIpc) is 2.14. The van der Waals surface area contributed by atoms with Crippen molar-refractivity contribution in [1.29, 1.82) is 0 Å². The number of hydrogen-bond donors (Lipinski definition) is 3. The second-order valence-electron chi connectivity index (χ2n) is 4.49. The van der Waals surface area contributed by atoms with Crippen molar-refractivity contribution >= 4 is 11.8 Å². The van der Waals surface area contributed by atoms with Crippen LogP contribution in [0.5, 0.6) is 0 Å². The summed E-state index contributed by atoms with van der Waals surface area (Å²) in [5.74, 6) is 0.381. The highest BCUT2D eigenvalue weighted by atomic mass is 16.2. The van der Waals surface area contributed by atoms with Gasteiger partial charge >= 0.3 is 6.03 Å². The monoisotopic (exact) mass is 223 g/mol. The van der Waals surface area contributed by atoms with E-state index in [0.717, 1.165) is 0 Å². The van der Waals surface area contributed by atoms with Crippen molar-refractivity contribution < 1.29 is 4.79 Å². The fraction of sp³-hybridized carbons (Fsp3) is 0.500. The molecule has 88 valence electrons. The number of nitrogen functional groups attached to an aromatic ring is 1. The standard InChI is InChI=1S/C10H17N5O/c1-10(2,3)15-9(16)13-5-7-4-12-6-14-8(7)11/h4,6H,5H2,1-3H3,(H2,11,12,14)(H2,13,15,16). The van der Waals surface area contributed by atoms with Gasteiger partial charge in [-0.3, -0.25) is 0 Å². The first-order valence-corrected chi connectivity index (χ1v) is 4.99. The molecule has 0 aliphatic rings. The van der Waals surface area contributed by atoms with Crippen LogP contribution >= 0.6 is 0 Å².